The van der Waals surface area contributed by atoms with Crippen LogP contribution in [0.25, 0.3) is 0 Å². The monoisotopic (exact) mass is 430 g/mol. The minimum Gasteiger partial charge on any atom is -0.366 e. The van der Waals surface area contributed by atoms with Gasteiger partial charge in [0.2, 0.25) is 5.91 Å². The molecule has 0 bridgehead atoms. The SMILES string of the molecule is Cc1nc(NCc2cnn(Cc3cc(F)c(F)c(F)c3)c2)cc2c1NC(=O)[C@H](C)N2C. The van der Waals surface area contributed by atoms with E-state index in [1.807, 2.05) is 31.9 Å². The number of pyridine rings is 1. The van der Waals surface area contributed by atoms with Crippen molar-refractivity contribution in [2.75, 3.05) is 22.6 Å². The van der Waals surface area contributed by atoms with Crippen LogP contribution in [0, 0.1) is 24.4 Å². The fraction of sp³-hybridized carbons (Fsp3) is 0.286. The van der Waals surface area contributed by atoms with E-state index in [-0.39, 0.29) is 24.1 Å². The zero-order valence-corrected chi connectivity index (χ0v) is 17.2. The standard InChI is InChI=1S/C21H21F3N6O/c1-11-20-17(29(3)12(2)21(31)28-20)6-18(27-11)25-7-14-8-26-30(10-14)9-13-4-15(22)19(24)16(23)5-13/h4-6,8,10,12H,7,9H2,1-3H3,(H,25,27)(H,28,31)/t12-/m0/s1. The highest BCUT2D eigenvalue weighted by Gasteiger charge is 2.28. The first-order valence-corrected chi connectivity index (χ1v) is 9.67. The minimum absolute atomic E-state index is 0.0751. The second-order valence-electron chi connectivity index (χ2n) is 7.54. The van der Waals surface area contributed by atoms with Crippen molar-refractivity contribution in [2.45, 2.75) is 33.0 Å². The first-order valence-electron chi connectivity index (χ1n) is 9.67. The molecule has 162 valence electrons. The van der Waals surface area contributed by atoms with Crippen LogP contribution in [0.1, 0.15) is 23.7 Å². The van der Waals surface area contributed by atoms with Crippen LogP contribution >= 0.6 is 0 Å². The van der Waals surface area contributed by atoms with E-state index < -0.39 is 17.5 Å². The maximum absolute atomic E-state index is 13.4. The Bertz CT molecular complexity index is 1140. The third kappa shape index (κ3) is 4.05. The van der Waals surface area contributed by atoms with E-state index in [9.17, 15) is 18.0 Å². The van der Waals surface area contributed by atoms with Gasteiger partial charge in [0.15, 0.2) is 17.5 Å². The molecule has 2 N–H and O–H groups in total. The number of amides is 1. The van der Waals surface area contributed by atoms with Crippen LogP contribution in [0.15, 0.2) is 30.6 Å². The number of aryl methyl sites for hydroxylation is 1. The summed E-state index contributed by atoms with van der Waals surface area (Å²) in [5, 5.41) is 10.3. The molecular weight excluding hydrogens is 409 g/mol. The molecule has 0 radical (unpaired) electrons. The van der Waals surface area contributed by atoms with Crippen molar-refractivity contribution in [1.82, 2.24) is 14.8 Å². The van der Waals surface area contributed by atoms with E-state index in [1.165, 1.54) is 4.68 Å². The number of likely N-dealkylation sites (N-methyl/N-ethyl adjacent to an activating group) is 1. The fourth-order valence-electron chi connectivity index (χ4n) is 3.45. The molecule has 1 amide bonds. The van der Waals surface area contributed by atoms with Crippen molar-refractivity contribution >= 4 is 23.1 Å². The number of anilines is 3. The van der Waals surface area contributed by atoms with Gasteiger partial charge in [0.25, 0.3) is 0 Å². The van der Waals surface area contributed by atoms with Crippen molar-refractivity contribution < 1.29 is 18.0 Å². The molecule has 0 unspecified atom stereocenters. The van der Waals surface area contributed by atoms with Crippen molar-refractivity contribution in [2.24, 2.45) is 0 Å². The molecule has 31 heavy (non-hydrogen) atoms. The summed E-state index contributed by atoms with van der Waals surface area (Å²) in [4.78, 5) is 18.4. The Kier molecular flexibility index (Phi) is 5.30. The van der Waals surface area contributed by atoms with Gasteiger partial charge < -0.3 is 15.5 Å². The van der Waals surface area contributed by atoms with Crippen LogP contribution in [0.4, 0.5) is 30.4 Å². The molecule has 1 aromatic carbocycles. The van der Waals surface area contributed by atoms with Gasteiger partial charge in [-0.15, -0.1) is 0 Å². The van der Waals surface area contributed by atoms with Gasteiger partial charge in [-0.3, -0.25) is 9.48 Å². The van der Waals surface area contributed by atoms with Gasteiger partial charge in [-0.1, -0.05) is 0 Å². The lowest BCUT2D eigenvalue weighted by atomic mass is 10.1. The molecule has 3 heterocycles. The zero-order valence-electron chi connectivity index (χ0n) is 17.2. The normalized spacial score (nSPS) is 15.6. The van der Waals surface area contributed by atoms with E-state index in [4.69, 9.17) is 0 Å². The minimum atomic E-state index is -1.48. The van der Waals surface area contributed by atoms with Crippen molar-refractivity contribution in [3.8, 4) is 0 Å². The number of hydrogen-bond donors (Lipinski definition) is 2. The lowest BCUT2D eigenvalue weighted by Gasteiger charge is -2.34. The Morgan fingerprint density at radius 1 is 1.16 bits per heavy atom. The smallest absolute Gasteiger partial charge is 0.246 e. The first kappa shape index (κ1) is 20.7. The Hall–Kier alpha value is -3.56. The van der Waals surface area contributed by atoms with Crippen LogP contribution in [-0.2, 0) is 17.9 Å². The summed E-state index contributed by atoms with van der Waals surface area (Å²) >= 11 is 0. The number of nitrogens with one attached hydrogen (secondary N) is 2. The predicted molar refractivity (Wildman–Crippen MR) is 110 cm³/mol. The molecule has 3 aromatic rings. The van der Waals surface area contributed by atoms with E-state index >= 15 is 0 Å². The van der Waals surface area contributed by atoms with E-state index in [1.54, 1.807) is 12.4 Å². The number of halogens is 3. The van der Waals surface area contributed by atoms with E-state index in [2.05, 4.69) is 20.7 Å². The quantitative estimate of drug-likeness (QED) is 0.607. The van der Waals surface area contributed by atoms with Gasteiger partial charge in [-0.05, 0) is 31.5 Å². The molecule has 0 aliphatic carbocycles. The van der Waals surface area contributed by atoms with Crippen molar-refractivity contribution in [3.63, 3.8) is 0 Å². The maximum Gasteiger partial charge on any atom is 0.246 e. The highest BCUT2D eigenvalue weighted by molar-refractivity contribution is 6.04. The van der Waals surface area contributed by atoms with Gasteiger partial charge in [0, 0.05) is 31.4 Å². The number of nitrogens with zero attached hydrogens (tertiary/aromatic N) is 4. The number of rotatable bonds is 5. The molecule has 10 heteroatoms. The van der Waals surface area contributed by atoms with Crippen LogP contribution in [0.5, 0.6) is 0 Å². The number of fused-ring (bicyclic) bond motifs is 1. The average molecular weight is 430 g/mol. The Labute approximate surface area is 176 Å². The summed E-state index contributed by atoms with van der Waals surface area (Å²) in [7, 11) is 1.86. The largest absolute Gasteiger partial charge is 0.366 e. The highest BCUT2D eigenvalue weighted by atomic mass is 19.2. The number of carbonyl (C=O) groups is 1. The molecule has 1 atom stereocenters. The molecule has 0 spiro atoms. The molecule has 7 nitrogen and oxygen atoms in total. The lowest BCUT2D eigenvalue weighted by Crippen LogP contribution is -2.44. The molecule has 4 rings (SSSR count). The molecule has 0 saturated heterocycles. The van der Waals surface area contributed by atoms with Crippen LogP contribution in [-0.4, -0.2) is 33.8 Å². The average Bonchev–Trinajstić information content (AvgIpc) is 3.17. The Morgan fingerprint density at radius 3 is 2.58 bits per heavy atom. The van der Waals surface area contributed by atoms with Crippen LogP contribution in [0.2, 0.25) is 0 Å². The van der Waals surface area contributed by atoms with Gasteiger partial charge in [-0.2, -0.15) is 5.10 Å². The molecule has 1 aliphatic rings. The summed E-state index contributed by atoms with van der Waals surface area (Å²) in [6.45, 7) is 4.18. The summed E-state index contributed by atoms with van der Waals surface area (Å²) in [5.41, 5.74) is 3.37. The number of hydrogen-bond acceptors (Lipinski definition) is 5. The molecule has 0 saturated carbocycles. The third-order valence-corrected chi connectivity index (χ3v) is 5.32. The second kappa shape index (κ2) is 7.93. The Morgan fingerprint density at radius 2 is 1.87 bits per heavy atom. The summed E-state index contributed by atoms with van der Waals surface area (Å²) in [5.74, 6) is -3.38. The lowest BCUT2D eigenvalue weighted by molar-refractivity contribution is -0.117. The van der Waals surface area contributed by atoms with Crippen molar-refractivity contribution in [3.05, 3.63) is 64.9 Å². The Balaban J connectivity index is 1.46. The van der Waals surface area contributed by atoms with Crippen LogP contribution in [0.3, 0.4) is 0 Å². The summed E-state index contributed by atoms with van der Waals surface area (Å²) < 4.78 is 41.4. The number of benzene rings is 1. The van der Waals surface area contributed by atoms with Gasteiger partial charge in [0.1, 0.15) is 11.9 Å². The first-order chi connectivity index (χ1) is 14.7. The summed E-state index contributed by atoms with van der Waals surface area (Å²) in [6, 6.07) is 3.48. The second-order valence-corrected chi connectivity index (χ2v) is 7.54. The van der Waals surface area contributed by atoms with Crippen molar-refractivity contribution in [1.29, 1.82) is 0 Å². The fourth-order valence-corrected chi connectivity index (χ4v) is 3.45. The van der Waals surface area contributed by atoms with Gasteiger partial charge >= 0.3 is 0 Å². The predicted octanol–water partition coefficient (Wildman–Crippen LogP) is 3.44. The highest BCUT2D eigenvalue weighted by Crippen LogP contribution is 2.34. The summed E-state index contributed by atoms with van der Waals surface area (Å²) in [6.07, 6.45) is 3.36. The molecule has 1 aliphatic heterocycles. The maximum atomic E-state index is 13.4. The van der Waals surface area contributed by atoms with Gasteiger partial charge in [0.05, 0.1) is 29.8 Å². The molecule has 0 fully saturated rings. The molecular formula is C21H21F3N6O. The van der Waals surface area contributed by atoms with E-state index in [0.29, 0.717) is 23.7 Å². The van der Waals surface area contributed by atoms with Gasteiger partial charge in [-0.25, -0.2) is 18.2 Å². The third-order valence-electron chi connectivity index (χ3n) is 5.32. The van der Waals surface area contributed by atoms with Crippen LogP contribution < -0.4 is 15.5 Å². The number of aromatic nitrogens is 3. The van der Waals surface area contributed by atoms with E-state index in [0.717, 1.165) is 23.4 Å². The number of carbonyl (C=O) groups excluding carboxylic acids is 1. The topological polar surface area (TPSA) is 75.1 Å². The zero-order chi connectivity index (χ0) is 22.3. The molecule has 2 aromatic heterocycles.